The summed E-state index contributed by atoms with van der Waals surface area (Å²) in [5, 5.41) is 6.14. The van der Waals surface area contributed by atoms with Crippen molar-refractivity contribution in [3.8, 4) is 0 Å². The van der Waals surface area contributed by atoms with E-state index in [-0.39, 0.29) is 17.8 Å². The van der Waals surface area contributed by atoms with Gasteiger partial charge in [-0.3, -0.25) is 0 Å². The van der Waals surface area contributed by atoms with Crippen molar-refractivity contribution in [1.29, 1.82) is 0 Å². The molecule has 0 fully saturated rings. The van der Waals surface area contributed by atoms with Crippen molar-refractivity contribution in [3.63, 3.8) is 0 Å². The molecule has 0 saturated carbocycles. The average Bonchev–Trinajstić information content (AvgIpc) is 2.52. The molecule has 0 radical (unpaired) electrons. The molecule has 0 saturated heterocycles. The Morgan fingerprint density at radius 3 is 2.60 bits per heavy atom. The van der Waals surface area contributed by atoms with Crippen molar-refractivity contribution in [2.75, 3.05) is 7.05 Å². The second-order valence-corrected chi connectivity index (χ2v) is 3.09. The first-order valence-corrected chi connectivity index (χ1v) is 4.52. The van der Waals surface area contributed by atoms with Gasteiger partial charge in [-0.25, -0.2) is 0 Å². The number of rotatable bonds is 4. The minimum absolute atomic E-state index is 0.194. The molecule has 1 atom stereocenters. The highest BCUT2D eigenvalue weighted by atomic mass is 19.4. The van der Waals surface area contributed by atoms with E-state index >= 15 is 0 Å². The molecule has 0 amide bonds. The molecule has 0 aliphatic rings. The van der Waals surface area contributed by atoms with Crippen molar-refractivity contribution in [2.45, 2.75) is 32.0 Å². The molecule has 0 spiro atoms. The molecular weight excluding hydrogens is 211 g/mol. The highest BCUT2D eigenvalue weighted by Crippen LogP contribution is 2.21. The monoisotopic (exact) mass is 223 g/mol. The molecule has 4 nitrogen and oxygen atoms in total. The fourth-order valence-corrected chi connectivity index (χ4v) is 1.16. The van der Waals surface area contributed by atoms with Gasteiger partial charge in [0.15, 0.2) is 5.82 Å². The third kappa shape index (κ3) is 3.50. The predicted molar refractivity (Wildman–Crippen MR) is 46.1 cm³/mol. The van der Waals surface area contributed by atoms with Crippen LogP contribution in [0.4, 0.5) is 13.2 Å². The highest BCUT2D eigenvalue weighted by molar-refractivity contribution is 4.93. The number of nitrogens with zero attached hydrogens (tertiary/aromatic N) is 2. The first-order valence-electron chi connectivity index (χ1n) is 4.52. The molecule has 1 aromatic heterocycles. The Hall–Kier alpha value is -1.11. The van der Waals surface area contributed by atoms with Crippen LogP contribution in [0.2, 0.25) is 0 Å². The van der Waals surface area contributed by atoms with Gasteiger partial charge in [0.1, 0.15) is 6.42 Å². The number of nitrogens with one attached hydrogen (secondary N) is 1. The lowest BCUT2D eigenvalue weighted by molar-refractivity contribution is -0.128. The smallest absolute Gasteiger partial charge is 0.338 e. The van der Waals surface area contributed by atoms with Gasteiger partial charge in [-0.05, 0) is 13.5 Å². The average molecular weight is 223 g/mol. The van der Waals surface area contributed by atoms with Gasteiger partial charge in [0.2, 0.25) is 5.89 Å². The highest BCUT2D eigenvalue weighted by Gasteiger charge is 2.31. The fraction of sp³-hybridized carbons (Fsp3) is 0.750. The molecule has 1 heterocycles. The summed E-state index contributed by atoms with van der Waals surface area (Å²) in [5.41, 5.74) is 0. The predicted octanol–water partition coefficient (Wildman–Crippen LogP) is 1.84. The fourth-order valence-electron chi connectivity index (χ4n) is 1.16. The Morgan fingerprint density at radius 1 is 1.47 bits per heavy atom. The molecule has 1 N–H and O–H groups in total. The number of aromatic nitrogens is 2. The lowest BCUT2D eigenvalue weighted by Crippen LogP contribution is -2.16. The molecule has 0 bridgehead atoms. The summed E-state index contributed by atoms with van der Waals surface area (Å²) in [6.45, 7) is 1.87. The lowest BCUT2D eigenvalue weighted by Gasteiger charge is -2.06. The maximum atomic E-state index is 12.0. The quantitative estimate of drug-likeness (QED) is 0.846. The zero-order valence-electron chi connectivity index (χ0n) is 8.43. The van der Waals surface area contributed by atoms with E-state index in [1.807, 2.05) is 6.92 Å². The largest absolute Gasteiger partial charge is 0.396 e. The van der Waals surface area contributed by atoms with E-state index in [9.17, 15) is 13.2 Å². The van der Waals surface area contributed by atoms with Crippen LogP contribution < -0.4 is 5.32 Å². The Balaban J connectivity index is 2.71. The standard InChI is InChI=1S/C8H12F3N3O/c1-3-5(12-2)7-13-6(14-15-7)4-8(9,10)11/h5,12H,3-4H2,1-2H3. The topological polar surface area (TPSA) is 51.0 Å². The minimum atomic E-state index is -4.30. The van der Waals surface area contributed by atoms with Gasteiger partial charge in [-0.2, -0.15) is 18.2 Å². The van der Waals surface area contributed by atoms with E-state index in [0.29, 0.717) is 6.42 Å². The van der Waals surface area contributed by atoms with E-state index < -0.39 is 12.6 Å². The van der Waals surface area contributed by atoms with Gasteiger partial charge in [0.25, 0.3) is 0 Å². The Kier molecular flexibility index (Phi) is 3.67. The van der Waals surface area contributed by atoms with Crippen LogP contribution in [-0.2, 0) is 6.42 Å². The zero-order chi connectivity index (χ0) is 11.5. The summed E-state index contributed by atoms with van der Waals surface area (Å²) < 4.78 is 40.7. The number of halogens is 3. The Labute approximate surface area is 84.9 Å². The van der Waals surface area contributed by atoms with Gasteiger partial charge in [0.05, 0.1) is 6.04 Å². The lowest BCUT2D eigenvalue weighted by atomic mass is 10.2. The van der Waals surface area contributed by atoms with E-state index in [0.717, 1.165) is 0 Å². The summed E-state index contributed by atoms with van der Waals surface area (Å²) >= 11 is 0. The van der Waals surface area contributed by atoms with Gasteiger partial charge in [0, 0.05) is 0 Å². The third-order valence-corrected chi connectivity index (χ3v) is 1.90. The maximum absolute atomic E-state index is 12.0. The van der Waals surface area contributed by atoms with Crippen LogP contribution in [0.25, 0.3) is 0 Å². The van der Waals surface area contributed by atoms with Crippen LogP contribution in [0, 0.1) is 0 Å². The summed E-state index contributed by atoms with van der Waals surface area (Å²) in [4.78, 5) is 3.68. The van der Waals surface area contributed by atoms with E-state index in [1.54, 1.807) is 7.05 Å². The zero-order valence-corrected chi connectivity index (χ0v) is 8.43. The van der Waals surface area contributed by atoms with Gasteiger partial charge >= 0.3 is 6.18 Å². The van der Waals surface area contributed by atoms with Crippen LogP contribution >= 0.6 is 0 Å². The molecule has 0 aliphatic heterocycles. The van der Waals surface area contributed by atoms with Crippen LogP contribution in [0.3, 0.4) is 0 Å². The molecule has 1 aromatic rings. The Bertz CT molecular complexity index is 306. The molecule has 7 heteroatoms. The first-order chi connectivity index (χ1) is 6.96. The van der Waals surface area contributed by atoms with E-state index in [1.165, 1.54) is 0 Å². The number of hydrogen-bond donors (Lipinski definition) is 1. The minimum Gasteiger partial charge on any atom is -0.338 e. The van der Waals surface area contributed by atoms with Gasteiger partial charge < -0.3 is 9.84 Å². The van der Waals surface area contributed by atoms with Crippen LogP contribution in [0.15, 0.2) is 4.52 Å². The van der Waals surface area contributed by atoms with Crippen LogP contribution in [-0.4, -0.2) is 23.4 Å². The number of alkyl halides is 3. The third-order valence-electron chi connectivity index (χ3n) is 1.90. The molecule has 15 heavy (non-hydrogen) atoms. The van der Waals surface area contributed by atoms with Crippen molar-refractivity contribution in [2.24, 2.45) is 0 Å². The number of hydrogen-bond acceptors (Lipinski definition) is 4. The van der Waals surface area contributed by atoms with Crippen LogP contribution in [0.1, 0.15) is 31.1 Å². The Morgan fingerprint density at radius 2 is 2.13 bits per heavy atom. The van der Waals surface area contributed by atoms with E-state index in [2.05, 4.69) is 15.5 Å². The van der Waals surface area contributed by atoms with Crippen molar-refractivity contribution < 1.29 is 17.7 Å². The first kappa shape index (κ1) is 12.0. The van der Waals surface area contributed by atoms with E-state index in [4.69, 9.17) is 4.52 Å². The normalized spacial score (nSPS) is 14.2. The second kappa shape index (κ2) is 4.61. The summed E-state index contributed by atoms with van der Waals surface area (Å²) in [6.07, 6.45) is -4.79. The maximum Gasteiger partial charge on any atom is 0.396 e. The van der Waals surface area contributed by atoms with Gasteiger partial charge in [-0.1, -0.05) is 12.1 Å². The summed E-state index contributed by atoms with van der Waals surface area (Å²) in [6, 6.07) is -0.195. The van der Waals surface area contributed by atoms with Crippen LogP contribution in [0.5, 0.6) is 0 Å². The molecule has 1 rings (SSSR count). The van der Waals surface area contributed by atoms with Crippen molar-refractivity contribution in [3.05, 3.63) is 11.7 Å². The SMILES string of the molecule is CCC(NC)c1nc(CC(F)(F)F)no1. The molecule has 1 unspecified atom stereocenters. The van der Waals surface area contributed by atoms with Crippen molar-refractivity contribution in [1.82, 2.24) is 15.5 Å². The van der Waals surface area contributed by atoms with Crippen molar-refractivity contribution >= 4 is 0 Å². The summed E-state index contributed by atoms with van der Waals surface area (Å²) in [7, 11) is 1.68. The second-order valence-electron chi connectivity index (χ2n) is 3.09. The molecule has 86 valence electrons. The summed E-state index contributed by atoms with van der Waals surface area (Å²) in [5.74, 6) is -0.134. The molecule has 0 aromatic carbocycles. The molecular formula is C8H12F3N3O. The van der Waals surface area contributed by atoms with Gasteiger partial charge in [-0.15, -0.1) is 0 Å². The molecule has 0 aliphatic carbocycles.